The molecular weight excluding hydrogens is 584 g/mol. The maximum Gasteiger partial charge on any atom is 0.421 e. The lowest BCUT2D eigenvalue weighted by Gasteiger charge is -2.38. The fourth-order valence-corrected chi connectivity index (χ4v) is 7.02. The van der Waals surface area contributed by atoms with Gasteiger partial charge in [-0.2, -0.15) is 13.2 Å². The van der Waals surface area contributed by atoms with Gasteiger partial charge in [-0.1, -0.05) is 12.1 Å². The summed E-state index contributed by atoms with van der Waals surface area (Å²) in [4.78, 5) is 26.6. The van der Waals surface area contributed by atoms with Gasteiger partial charge >= 0.3 is 6.18 Å². The molecule has 2 unspecified atom stereocenters. The number of hydrogen-bond donors (Lipinski definition) is 3. The zero-order valence-corrected chi connectivity index (χ0v) is 23.6. The summed E-state index contributed by atoms with van der Waals surface area (Å²) in [6, 6.07) is 6.26. The minimum Gasteiger partial charge on any atom is -0.393 e. The van der Waals surface area contributed by atoms with E-state index in [4.69, 9.17) is 0 Å². The second kappa shape index (κ2) is 11.5. The Labute approximate surface area is 240 Å². The smallest absolute Gasteiger partial charge is 0.393 e. The lowest BCUT2D eigenvalue weighted by atomic mass is 9.88. The van der Waals surface area contributed by atoms with E-state index in [2.05, 4.69) is 0 Å². The maximum atomic E-state index is 13.8. The van der Waals surface area contributed by atoms with Gasteiger partial charge in [0.05, 0.1) is 29.8 Å². The molecule has 2 aromatic rings. The van der Waals surface area contributed by atoms with Gasteiger partial charge in [0.2, 0.25) is 5.91 Å². The number of aliphatic hydroxyl groups excluding tert-OH is 1. The van der Waals surface area contributed by atoms with Gasteiger partial charge in [-0.05, 0) is 67.6 Å². The number of carbonyl (C=O) groups is 2. The fraction of sp³-hybridized carbons (Fsp3) is 0.500. The summed E-state index contributed by atoms with van der Waals surface area (Å²) >= 11 is 0. The summed E-state index contributed by atoms with van der Waals surface area (Å²) in [5, 5.41) is 29.6. The van der Waals surface area contributed by atoms with Gasteiger partial charge < -0.3 is 20.2 Å². The molecule has 230 valence electrons. The first-order valence-electron chi connectivity index (χ1n) is 13.3. The summed E-state index contributed by atoms with van der Waals surface area (Å²) in [5.41, 5.74) is -4.81. The summed E-state index contributed by atoms with van der Waals surface area (Å²) in [7, 11) is -4.42. The first kappa shape index (κ1) is 31.9. The van der Waals surface area contributed by atoms with E-state index in [1.54, 1.807) is 0 Å². The van der Waals surface area contributed by atoms with E-state index in [1.165, 1.54) is 4.90 Å². The molecule has 2 heterocycles. The van der Waals surface area contributed by atoms with Gasteiger partial charge in [-0.25, -0.2) is 12.8 Å². The van der Waals surface area contributed by atoms with Gasteiger partial charge in [-0.3, -0.25) is 13.9 Å². The first-order chi connectivity index (χ1) is 19.5. The predicted octanol–water partition coefficient (Wildman–Crippen LogP) is 2.80. The van der Waals surface area contributed by atoms with Gasteiger partial charge in [0.1, 0.15) is 17.2 Å². The molecule has 3 N–H and O–H groups in total. The SMILES string of the molecule is CC(O)(c1ccc2c(c1)CC[C@@H](CC(=O)CCC(=O)N1CCC(O)(CO)C1)N2S(=O)(=O)c1ccc(F)cc1)C(F)(F)F. The molecule has 2 aliphatic rings. The summed E-state index contributed by atoms with van der Waals surface area (Å²) < 4.78 is 82.5. The largest absolute Gasteiger partial charge is 0.421 e. The summed E-state index contributed by atoms with van der Waals surface area (Å²) in [6.07, 6.45) is -5.33. The Morgan fingerprint density at radius 1 is 1.10 bits per heavy atom. The number of carbonyl (C=O) groups excluding carboxylic acids is 2. The van der Waals surface area contributed by atoms with Gasteiger partial charge in [0.25, 0.3) is 10.0 Å². The molecule has 0 bridgehead atoms. The monoisotopic (exact) mass is 616 g/mol. The van der Waals surface area contributed by atoms with Crippen LogP contribution in [0.25, 0.3) is 0 Å². The van der Waals surface area contributed by atoms with Crippen LogP contribution in [0.4, 0.5) is 23.2 Å². The number of hydrogen-bond acceptors (Lipinski definition) is 7. The molecule has 1 fully saturated rings. The number of β-amino-alcohol motifs (C(OH)–C–C–N with tert-alkyl or cyclic N) is 1. The van der Waals surface area contributed by atoms with Crippen molar-refractivity contribution in [2.75, 3.05) is 24.0 Å². The van der Waals surface area contributed by atoms with Crippen LogP contribution in [0.1, 0.15) is 50.2 Å². The van der Waals surface area contributed by atoms with Crippen LogP contribution in [0.15, 0.2) is 47.4 Å². The average Bonchev–Trinajstić information content (AvgIpc) is 3.33. The van der Waals surface area contributed by atoms with Crippen molar-refractivity contribution in [1.29, 1.82) is 0 Å². The predicted molar refractivity (Wildman–Crippen MR) is 142 cm³/mol. The Hall–Kier alpha value is -3.07. The molecule has 42 heavy (non-hydrogen) atoms. The Bertz CT molecular complexity index is 1450. The van der Waals surface area contributed by atoms with E-state index < -0.39 is 63.1 Å². The van der Waals surface area contributed by atoms with E-state index in [0.29, 0.717) is 6.92 Å². The number of amides is 1. The third kappa shape index (κ3) is 6.31. The van der Waals surface area contributed by atoms with E-state index in [9.17, 15) is 50.9 Å². The summed E-state index contributed by atoms with van der Waals surface area (Å²) in [5.74, 6) is -1.51. The minimum atomic E-state index is -4.99. The van der Waals surface area contributed by atoms with E-state index in [-0.39, 0.29) is 67.8 Å². The molecule has 0 spiro atoms. The zero-order valence-electron chi connectivity index (χ0n) is 22.8. The van der Waals surface area contributed by atoms with Crippen LogP contribution in [-0.4, -0.2) is 77.8 Å². The fourth-order valence-electron chi connectivity index (χ4n) is 5.30. The lowest BCUT2D eigenvalue weighted by Crippen LogP contribution is -2.45. The van der Waals surface area contributed by atoms with Crippen LogP contribution in [0, 0.1) is 5.82 Å². The molecule has 0 aliphatic carbocycles. The lowest BCUT2D eigenvalue weighted by molar-refractivity contribution is -0.258. The van der Waals surface area contributed by atoms with Crippen molar-refractivity contribution in [3.8, 4) is 0 Å². The molecule has 1 saturated heterocycles. The van der Waals surface area contributed by atoms with Crippen molar-refractivity contribution in [1.82, 2.24) is 4.90 Å². The molecule has 0 saturated carbocycles. The number of ketones is 1. The quantitative estimate of drug-likeness (QED) is 0.369. The van der Waals surface area contributed by atoms with Crippen LogP contribution in [0.3, 0.4) is 0 Å². The van der Waals surface area contributed by atoms with E-state index in [1.807, 2.05) is 0 Å². The number of alkyl halides is 3. The molecule has 2 aliphatic heterocycles. The molecule has 9 nitrogen and oxygen atoms in total. The number of rotatable bonds is 9. The Morgan fingerprint density at radius 2 is 1.76 bits per heavy atom. The molecule has 1 amide bonds. The number of nitrogens with zero attached hydrogens (tertiary/aromatic N) is 2. The second-order valence-corrected chi connectivity index (χ2v) is 12.9. The van der Waals surface area contributed by atoms with Crippen LogP contribution < -0.4 is 4.31 Å². The van der Waals surface area contributed by atoms with Crippen LogP contribution in [0.5, 0.6) is 0 Å². The van der Waals surface area contributed by atoms with Crippen molar-refractivity contribution in [3.63, 3.8) is 0 Å². The summed E-state index contributed by atoms with van der Waals surface area (Å²) in [6.45, 7) is 0.242. The van der Waals surface area contributed by atoms with Crippen molar-refractivity contribution < 1.29 is 50.9 Å². The molecule has 0 radical (unpaired) electrons. The molecule has 14 heteroatoms. The number of benzene rings is 2. The van der Waals surface area contributed by atoms with Gasteiger partial charge in [0, 0.05) is 25.8 Å². The third-order valence-electron chi connectivity index (χ3n) is 7.94. The van der Waals surface area contributed by atoms with E-state index >= 15 is 0 Å². The number of aryl methyl sites for hydroxylation is 1. The molecule has 3 atom stereocenters. The highest BCUT2D eigenvalue weighted by molar-refractivity contribution is 7.92. The molecule has 4 rings (SSSR count). The van der Waals surface area contributed by atoms with Crippen molar-refractivity contribution in [3.05, 3.63) is 59.4 Å². The van der Waals surface area contributed by atoms with E-state index in [0.717, 1.165) is 46.8 Å². The number of halogens is 4. The van der Waals surface area contributed by atoms with Gasteiger partial charge in [-0.15, -0.1) is 0 Å². The van der Waals surface area contributed by atoms with Crippen molar-refractivity contribution in [2.24, 2.45) is 0 Å². The normalized spacial score (nSPS) is 22.5. The van der Waals surface area contributed by atoms with Crippen molar-refractivity contribution in [2.45, 2.75) is 73.8 Å². The average molecular weight is 617 g/mol. The second-order valence-electron chi connectivity index (χ2n) is 11.1. The Balaban J connectivity index is 1.59. The van der Waals surface area contributed by atoms with Crippen LogP contribution in [0.2, 0.25) is 0 Å². The third-order valence-corrected chi connectivity index (χ3v) is 9.82. The zero-order chi connectivity index (χ0) is 31.1. The Kier molecular flexibility index (Phi) is 8.76. The first-order valence-corrected chi connectivity index (χ1v) is 14.8. The Morgan fingerprint density at radius 3 is 2.36 bits per heavy atom. The highest BCUT2D eigenvalue weighted by Gasteiger charge is 2.51. The number of sulfonamides is 1. The number of anilines is 1. The maximum absolute atomic E-state index is 13.8. The van der Waals surface area contributed by atoms with Gasteiger partial charge in [0.15, 0.2) is 5.60 Å². The highest BCUT2D eigenvalue weighted by atomic mass is 32.2. The standard InChI is InChI=1S/C28H32F4N2O7S/c1-26(38,28(30,31)32)19-3-10-24-18(14-19)2-6-21(34(24)42(40,41)23-8-4-20(29)5-9-23)15-22(36)7-11-25(37)33-13-12-27(39,16-33)17-35/h3-5,8-10,14,21,35,38-39H,2,6-7,11-13,15-17H2,1H3/t21-,26?,27?/m0/s1. The van der Waals surface area contributed by atoms with Crippen LogP contribution >= 0.6 is 0 Å². The van der Waals surface area contributed by atoms with Crippen molar-refractivity contribution >= 4 is 27.4 Å². The number of fused-ring (bicyclic) bond motifs is 1. The highest BCUT2D eigenvalue weighted by Crippen LogP contribution is 2.43. The number of Topliss-reactive ketones (excluding diaryl/α,β-unsaturated/α-hetero) is 1. The van der Waals surface area contributed by atoms with Crippen LogP contribution in [-0.2, 0) is 31.6 Å². The minimum absolute atomic E-state index is 0.0292. The molecule has 0 aromatic heterocycles. The number of aliphatic hydroxyl groups is 3. The molecular formula is C28H32F4N2O7S. The molecule has 2 aromatic carbocycles. The topological polar surface area (TPSA) is 135 Å². The number of likely N-dealkylation sites (tertiary alicyclic amines) is 1.